The van der Waals surface area contributed by atoms with E-state index in [-0.39, 0.29) is 18.1 Å². The number of rotatable bonds is 4. The van der Waals surface area contributed by atoms with Gasteiger partial charge >= 0.3 is 0 Å². The molecule has 3 rings (SSSR count). The molecule has 3 aliphatic rings. The first kappa shape index (κ1) is 13.4. The molecule has 2 aliphatic heterocycles. The van der Waals surface area contributed by atoms with Crippen LogP contribution in [0.25, 0.3) is 0 Å². The average molecular weight is 266 g/mol. The number of hydrogen-bond acceptors (Lipinski definition) is 3. The highest BCUT2D eigenvalue weighted by molar-refractivity contribution is 5.78. The highest BCUT2D eigenvalue weighted by atomic mass is 16.5. The van der Waals surface area contributed by atoms with Crippen molar-refractivity contribution in [1.82, 2.24) is 9.80 Å². The summed E-state index contributed by atoms with van der Waals surface area (Å²) < 4.78 is 5.92. The second kappa shape index (κ2) is 5.41. The summed E-state index contributed by atoms with van der Waals surface area (Å²) in [7, 11) is 0. The average Bonchev–Trinajstić information content (AvgIpc) is 3.25. The maximum absolute atomic E-state index is 11.7. The molecule has 108 valence electrons. The number of morpholine rings is 1. The first-order valence-corrected chi connectivity index (χ1v) is 7.85. The van der Waals surface area contributed by atoms with Crippen molar-refractivity contribution in [2.45, 2.75) is 44.6 Å². The van der Waals surface area contributed by atoms with Crippen LogP contribution >= 0.6 is 0 Å². The fourth-order valence-electron chi connectivity index (χ4n) is 3.33. The zero-order valence-electron chi connectivity index (χ0n) is 12.1. The van der Waals surface area contributed by atoms with Crippen LogP contribution in [0.15, 0.2) is 0 Å². The molecule has 19 heavy (non-hydrogen) atoms. The van der Waals surface area contributed by atoms with Gasteiger partial charge in [-0.15, -0.1) is 0 Å². The third-order valence-electron chi connectivity index (χ3n) is 5.03. The lowest BCUT2D eigenvalue weighted by molar-refractivity contribution is -0.171. The van der Waals surface area contributed by atoms with Crippen LogP contribution in [-0.4, -0.2) is 60.6 Å². The van der Waals surface area contributed by atoms with Crippen LogP contribution in [-0.2, 0) is 9.53 Å². The Balaban J connectivity index is 1.49. The lowest BCUT2D eigenvalue weighted by Gasteiger charge is -2.46. The Morgan fingerprint density at radius 1 is 1.32 bits per heavy atom. The van der Waals surface area contributed by atoms with Crippen molar-refractivity contribution in [3.05, 3.63) is 0 Å². The third kappa shape index (κ3) is 3.11. The molecule has 0 bridgehead atoms. The van der Waals surface area contributed by atoms with E-state index in [1.807, 2.05) is 4.90 Å². The quantitative estimate of drug-likeness (QED) is 0.773. The Hall–Kier alpha value is -0.610. The molecule has 0 aromatic heterocycles. The van der Waals surface area contributed by atoms with Crippen LogP contribution < -0.4 is 0 Å². The van der Waals surface area contributed by atoms with Gasteiger partial charge in [0.25, 0.3) is 0 Å². The van der Waals surface area contributed by atoms with Crippen LogP contribution in [0.1, 0.15) is 39.0 Å². The molecular weight excluding hydrogens is 240 g/mol. The molecule has 1 saturated carbocycles. The Morgan fingerprint density at radius 3 is 2.68 bits per heavy atom. The van der Waals surface area contributed by atoms with Crippen molar-refractivity contribution in [1.29, 1.82) is 0 Å². The number of carbonyl (C=O) groups is 1. The van der Waals surface area contributed by atoms with E-state index < -0.39 is 0 Å². The van der Waals surface area contributed by atoms with Crippen molar-refractivity contribution in [2.24, 2.45) is 5.92 Å². The van der Waals surface area contributed by atoms with Gasteiger partial charge in [-0.25, -0.2) is 0 Å². The monoisotopic (exact) mass is 266 g/mol. The largest absolute Gasteiger partial charge is 0.363 e. The van der Waals surface area contributed by atoms with Gasteiger partial charge in [0.15, 0.2) is 0 Å². The van der Waals surface area contributed by atoms with Crippen LogP contribution in [0, 0.1) is 5.92 Å². The smallest absolute Gasteiger partial charge is 0.248 e. The van der Waals surface area contributed by atoms with Crippen molar-refractivity contribution in [3.8, 4) is 0 Å². The highest BCUT2D eigenvalue weighted by Crippen LogP contribution is 2.34. The summed E-state index contributed by atoms with van der Waals surface area (Å²) in [5, 5.41) is 0. The molecule has 4 nitrogen and oxygen atoms in total. The molecule has 3 fully saturated rings. The predicted octanol–water partition coefficient (Wildman–Crippen LogP) is 1.50. The van der Waals surface area contributed by atoms with Gasteiger partial charge in [0.2, 0.25) is 5.91 Å². The molecule has 1 spiro atoms. The molecule has 0 N–H and O–H groups in total. The Bertz CT molecular complexity index is 333. The molecule has 1 aliphatic carbocycles. The Labute approximate surface area is 116 Å². The summed E-state index contributed by atoms with van der Waals surface area (Å²) in [5.41, 5.74) is -0.0417. The molecule has 0 atom stereocenters. The lowest BCUT2D eigenvalue weighted by atomic mass is 9.89. The van der Waals surface area contributed by atoms with E-state index in [1.54, 1.807) is 0 Å². The lowest BCUT2D eigenvalue weighted by Crippen LogP contribution is -2.58. The first-order chi connectivity index (χ1) is 9.21. The molecular formula is C15H26N2O2. The van der Waals surface area contributed by atoms with E-state index >= 15 is 0 Å². The van der Waals surface area contributed by atoms with E-state index in [9.17, 15) is 4.79 Å². The fourth-order valence-corrected chi connectivity index (χ4v) is 3.33. The van der Waals surface area contributed by atoms with Crippen molar-refractivity contribution in [3.63, 3.8) is 0 Å². The molecule has 0 radical (unpaired) electrons. The second-order valence-electron chi connectivity index (χ2n) is 6.45. The van der Waals surface area contributed by atoms with E-state index in [1.165, 1.54) is 25.8 Å². The molecule has 4 heteroatoms. The summed E-state index contributed by atoms with van der Waals surface area (Å²) in [6, 6.07) is 0. The summed E-state index contributed by atoms with van der Waals surface area (Å²) in [4.78, 5) is 16.2. The number of ether oxygens (including phenoxy) is 1. The van der Waals surface area contributed by atoms with Crippen molar-refractivity contribution >= 4 is 5.91 Å². The number of hydrogen-bond donors (Lipinski definition) is 0. The minimum absolute atomic E-state index is 0.0417. The van der Waals surface area contributed by atoms with Gasteiger partial charge in [0, 0.05) is 26.2 Å². The fraction of sp³-hybridized carbons (Fsp3) is 0.933. The zero-order chi connectivity index (χ0) is 13.3. The van der Waals surface area contributed by atoms with Gasteiger partial charge in [0.1, 0.15) is 6.61 Å². The van der Waals surface area contributed by atoms with Gasteiger partial charge in [-0.2, -0.15) is 0 Å². The van der Waals surface area contributed by atoms with Gasteiger partial charge in [-0.1, -0.05) is 12.8 Å². The Kier molecular flexibility index (Phi) is 3.81. The Morgan fingerprint density at radius 2 is 2.05 bits per heavy atom. The normalized spacial score (nSPS) is 28.1. The topological polar surface area (TPSA) is 32.8 Å². The first-order valence-electron chi connectivity index (χ1n) is 7.85. The standard InChI is InChI=1S/C15H26N2O2/c1-2-17-12-15(19-11-14(17)18)6-9-16(10-7-15)8-5-13-3-4-13/h13H,2-12H2,1H3. The van der Waals surface area contributed by atoms with Gasteiger partial charge in [-0.05, 0) is 38.6 Å². The zero-order valence-corrected chi connectivity index (χ0v) is 12.1. The van der Waals surface area contributed by atoms with E-state index in [0.29, 0.717) is 0 Å². The van der Waals surface area contributed by atoms with Crippen LogP contribution in [0.2, 0.25) is 0 Å². The van der Waals surface area contributed by atoms with Crippen LogP contribution in [0.3, 0.4) is 0 Å². The van der Waals surface area contributed by atoms with Crippen LogP contribution in [0.5, 0.6) is 0 Å². The van der Waals surface area contributed by atoms with Crippen LogP contribution in [0.4, 0.5) is 0 Å². The number of likely N-dealkylation sites (N-methyl/N-ethyl adjacent to an activating group) is 1. The molecule has 0 unspecified atom stereocenters. The molecule has 2 heterocycles. The van der Waals surface area contributed by atoms with Crippen molar-refractivity contribution < 1.29 is 9.53 Å². The maximum Gasteiger partial charge on any atom is 0.248 e. The summed E-state index contributed by atoms with van der Waals surface area (Å²) >= 11 is 0. The second-order valence-corrected chi connectivity index (χ2v) is 6.45. The molecule has 0 aromatic rings. The minimum atomic E-state index is -0.0417. The SMILES string of the molecule is CCN1CC2(CCN(CCC3CC3)CC2)OCC1=O. The van der Waals surface area contributed by atoms with Gasteiger partial charge < -0.3 is 14.5 Å². The summed E-state index contributed by atoms with van der Waals surface area (Å²) in [5.74, 6) is 1.18. The van der Waals surface area contributed by atoms with Gasteiger partial charge in [-0.3, -0.25) is 4.79 Å². The highest BCUT2D eigenvalue weighted by Gasteiger charge is 2.41. The van der Waals surface area contributed by atoms with E-state index in [0.717, 1.165) is 44.9 Å². The summed E-state index contributed by atoms with van der Waals surface area (Å²) in [6.07, 6.45) is 6.46. The molecule has 1 amide bonds. The number of carbonyl (C=O) groups excluding carboxylic acids is 1. The minimum Gasteiger partial charge on any atom is -0.363 e. The maximum atomic E-state index is 11.7. The third-order valence-corrected chi connectivity index (χ3v) is 5.03. The van der Waals surface area contributed by atoms with Gasteiger partial charge in [0.05, 0.1) is 5.60 Å². The van der Waals surface area contributed by atoms with E-state index in [2.05, 4.69) is 11.8 Å². The molecule has 2 saturated heterocycles. The number of likely N-dealkylation sites (tertiary alicyclic amines) is 1. The van der Waals surface area contributed by atoms with E-state index in [4.69, 9.17) is 4.74 Å². The van der Waals surface area contributed by atoms with Crippen molar-refractivity contribution in [2.75, 3.05) is 39.3 Å². The molecule has 0 aromatic carbocycles. The predicted molar refractivity (Wildman–Crippen MR) is 74.0 cm³/mol. The number of amides is 1. The number of piperidine rings is 1. The number of nitrogens with zero attached hydrogens (tertiary/aromatic N) is 2. The summed E-state index contributed by atoms with van der Waals surface area (Å²) in [6.45, 7) is 7.50.